The Bertz CT molecular complexity index is 1780. The highest BCUT2D eigenvalue weighted by Crippen LogP contribution is 2.45. The summed E-state index contributed by atoms with van der Waals surface area (Å²) in [6, 6.07) is 21.0. The van der Waals surface area contributed by atoms with Crippen molar-refractivity contribution in [1.29, 1.82) is 0 Å². The average Bonchev–Trinajstić information content (AvgIpc) is 3.43. The topological polar surface area (TPSA) is 143 Å². The monoisotopic (exact) mass is 656 g/mol. The van der Waals surface area contributed by atoms with Crippen molar-refractivity contribution in [3.05, 3.63) is 102 Å². The Kier molecular flexibility index (Phi) is 8.63. The van der Waals surface area contributed by atoms with E-state index < -0.39 is 35.2 Å². The summed E-state index contributed by atoms with van der Waals surface area (Å²) >= 11 is 1.40. The third kappa shape index (κ3) is 6.64. The molecule has 3 atom stereocenters. The normalized spacial score (nSPS) is 21.0. The van der Waals surface area contributed by atoms with Gasteiger partial charge in [0.15, 0.2) is 17.6 Å². The Labute approximate surface area is 276 Å². The van der Waals surface area contributed by atoms with Crippen molar-refractivity contribution in [1.82, 2.24) is 19.8 Å². The lowest BCUT2D eigenvalue weighted by molar-refractivity contribution is -0.162. The Hall–Kier alpha value is -4.97. The fourth-order valence-corrected chi connectivity index (χ4v) is 7.26. The molecule has 2 aliphatic rings. The Morgan fingerprint density at radius 2 is 1.70 bits per heavy atom. The van der Waals surface area contributed by atoms with E-state index >= 15 is 0 Å². The summed E-state index contributed by atoms with van der Waals surface area (Å²) in [4.78, 5) is 46.1. The van der Waals surface area contributed by atoms with Crippen LogP contribution in [0.15, 0.2) is 91.3 Å². The average molecular weight is 657 g/mol. The first-order valence-electron chi connectivity index (χ1n) is 15.2. The van der Waals surface area contributed by atoms with Crippen molar-refractivity contribution in [2.75, 3.05) is 12.3 Å². The van der Waals surface area contributed by atoms with E-state index in [1.165, 1.54) is 23.9 Å². The number of imidazole rings is 1. The van der Waals surface area contributed by atoms with E-state index in [2.05, 4.69) is 10.3 Å². The number of amides is 2. The second-order valence-electron chi connectivity index (χ2n) is 12.7. The third-order valence-electron chi connectivity index (χ3n) is 8.07. The summed E-state index contributed by atoms with van der Waals surface area (Å²) in [7, 11) is 0. The summed E-state index contributed by atoms with van der Waals surface area (Å²) < 4.78 is 13.5. The van der Waals surface area contributed by atoms with Gasteiger partial charge in [-0.05, 0) is 31.9 Å². The minimum Gasteiger partial charge on any atom is -0.504 e. The number of phenolic OH excluding ortho intramolecular Hbond substituents is 2. The quantitative estimate of drug-likeness (QED) is 0.102. The number of hydrogen-bond acceptors (Lipinski definition) is 9. The summed E-state index contributed by atoms with van der Waals surface area (Å²) in [5.74, 6) is -1.04. The van der Waals surface area contributed by atoms with Gasteiger partial charge in [0.2, 0.25) is 5.91 Å². The maximum atomic E-state index is 14.4. The molecular weight excluding hydrogens is 620 g/mol. The number of alkyl carbamates (subject to hydrolysis) is 1. The number of hydrogen-bond donors (Lipinski definition) is 3. The summed E-state index contributed by atoms with van der Waals surface area (Å²) in [6.45, 7) is 5.60. The van der Waals surface area contributed by atoms with Gasteiger partial charge >= 0.3 is 12.1 Å². The van der Waals surface area contributed by atoms with Crippen LogP contribution >= 0.6 is 11.8 Å². The van der Waals surface area contributed by atoms with Crippen molar-refractivity contribution in [3.63, 3.8) is 0 Å². The SMILES string of the molecule is CC(C)(C)OC(=O)NC1C(=O)N2CC(C=CCn3cnc4cc(O)c(O)cc43)(C(=O)OC(c3ccccc3)c3ccccc3)CS[C@H]12. The molecule has 4 aromatic rings. The van der Waals surface area contributed by atoms with Crippen LogP contribution in [0.25, 0.3) is 11.0 Å². The molecule has 2 unspecified atom stereocenters. The number of fused-ring (bicyclic) bond motifs is 2. The van der Waals surface area contributed by atoms with Crippen molar-refractivity contribution in [3.8, 4) is 11.5 Å². The van der Waals surface area contributed by atoms with Gasteiger partial charge in [-0.15, -0.1) is 11.8 Å². The zero-order valence-electron chi connectivity index (χ0n) is 26.2. The van der Waals surface area contributed by atoms with E-state index in [1.807, 2.05) is 66.7 Å². The second kappa shape index (κ2) is 12.7. The number of nitrogens with zero attached hydrogens (tertiary/aromatic N) is 3. The van der Waals surface area contributed by atoms with Crippen molar-refractivity contribution < 1.29 is 34.1 Å². The van der Waals surface area contributed by atoms with Crippen molar-refractivity contribution in [2.24, 2.45) is 5.41 Å². The maximum absolute atomic E-state index is 14.4. The molecule has 244 valence electrons. The molecule has 3 heterocycles. The lowest BCUT2D eigenvalue weighted by atomic mass is 9.86. The molecule has 2 saturated heterocycles. The first kappa shape index (κ1) is 32.0. The van der Waals surface area contributed by atoms with Crippen molar-refractivity contribution in [2.45, 2.75) is 50.4 Å². The van der Waals surface area contributed by atoms with E-state index in [0.717, 1.165) is 11.1 Å². The molecule has 2 fully saturated rings. The Morgan fingerprint density at radius 3 is 2.34 bits per heavy atom. The number of aromatic nitrogens is 2. The number of phenols is 2. The maximum Gasteiger partial charge on any atom is 0.408 e. The number of ether oxygens (including phenoxy) is 2. The minimum absolute atomic E-state index is 0.0565. The zero-order chi connectivity index (χ0) is 33.3. The Balaban J connectivity index is 1.28. The molecule has 47 heavy (non-hydrogen) atoms. The lowest BCUT2D eigenvalue weighted by Gasteiger charge is -2.53. The van der Waals surface area contributed by atoms with Crippen LogP contribution in [0.1, 0.15) is 38.0 Å². The number of nitrogens with one attached hydrogen (secondary N) is 1. The molecule has 2 aliphatic heterocycles. The number of carbonyl (C=O) groups excluding carboxylic acids is 3. The molecule has 1 aromatic heterocycles. The Morgan fingerprint density at radius 1 is 1.06 bits per heavy atom. The lowest BCUT2D eigenvalue weighted by Crippen LogP contribution is -2.73. The van der Waals surface area contributed by atoms with Gasteiger partial charge in [0.05, 0.1) is 17.4 Å². The fourth-order valence-electron chi connectivity index (χ4n) is 5.75. The number of β-lactam (4-membered cyclic amide) rings is 1. The van der Waals surface area contributed by atoms with Crippen LogP contribution in [0.5, 0.6) is 11.5 Å². The fraction of sp³-hybridized carbons (Fsp3) is 0.314. The summed E-state index contributed by atoms with van der Waals surface area (Å²) in [5, 5.41) is 22.2. The van der Waals surface area contributed by atoms with Crippen LogP contribution in [0.3, 0.4) is 0 Å². The highest BCUT2D eigenvalue weighted by molar-refractivity contribution is 8.00. The van der Waals surface area contributed by atoms with Crippen LogP contribution in [0, 0.1) is 5.41 Å². The van der Waals surface area contributed by atoms with E-state index in [1.54, 1.807) is 42.6 Å². The van der Waals surface area contributed by atoms with Gasteiger partial charge in [-0.2, -0.15) is 0 Å². The number of thioether (sulfide) groups is 1. The largest absolute Gasteiger partial charge is 0.504 e. The van der Waals surface area contributed by atoms with Gasteiger partial charge in [-0.3, -0.25) is 9.59 Å². The van der Waals surface area contributed by atoms with E-state index in [4.69, 9.17) is 9.47 Å². The van der Waals surface area contributed by atoms with Gasteiger partial charge in [0.1, 0.15) is 22.4 Å². The summed E-state index contributed by atoms with van der Waals surface area (Å²) in [6.07, 6.45) is 3.82. The number of allylic oxidation sites excluding steroid dienone is 1. The van der Waals surface area contributed by atoms with E-state index in [0.29, 0.717) is 23.3 Å². The molecule has 0 saturated carbocycles. The second-order valence-corrected chi connectivity index (χ2v) is 13.8. The molecule has 3 aromatic carbocycles. The van der Waals surface area contributed by atoms with Crippen LogP contribution < -0.4 is 5.32 Å². The molecule has 0 bridgehead atoms. The predicted octanol–water partition coefficient (Wildman–Crippen LogP) is 5.13. The van der Waals surface area contributed by atoms with Crippen LogP contribution in [-0.4, -0.2) is 71.9 Å². The van der Waals surface area contributed by atoms with Gasteiger partial charge in [-0.25, -0.2) is 9.78 Å². The molecule has 12 heteroatoms. The number of benzene rings is 3. The highest BCUT2D eigenvalue weighted by atomic mass is 32.2. The summed E-state index contributed by atoms with van der Waals surface area (Å²) in [5.41, 5.74) is 0.785. The van der Waals surface area contributed by atoms with E-state index in [-0.39, 0.29) is 29.3 Å². The predicted molar refractivity (Wildman–Crippen MR) is 177 cm³/mol. The van der Waals surface area contributed by atoms with Crippen molar-refractivity contribution >= 4 is 40.8 Å². The van der Waals surface area contributed by atoms with Gasteiger partial charge in [0.25, 0.3) is 0 Å². The standard InChI is InChI=1S/C35H36N4O7S/c1-34(2,3)46-33(44)37-28-30(42)39-19-35(20-47-31(28)39,15-10-16-38-21-36-24-17-26(40)27(41)18-25(24)38)32(43)45-29(22-11-6-4-7-12-22)23-13-8-5-9-14-23/h4-15,17-18,21,28-29,31,40-41H,16,19-20H2,1-3H3,(H,37,44)/t28?,31-,35?/m1/s1. The van der Waals surface area contributed by atoms with Gasteiger partial charge in [0, 0.05) is 31.0 Å². The molecule has 2 amide bonds. The van der Waals surface area contributed by atoms with Crippen LogP contribution in [0.2, 0.25) is 0 Å². The van der Waals surface area contributed by atoms with Crippen LogP contribution in [0.4, 0.5) is 4.79 Å². The van der Waals surface area contributed by atoms with Gasteiger partial charge < -0.3 is 34.5 Å². The molecule has 0 spiro atoms. The molecule has 11 nitrogen and oxygen atoms in total. The number of carbonyl (C=O) groups is 3. The number of rotatable bonds is 8. The third-order valence-corrected chi connectivity index (χ3v) is 9.62. The zero-order valence-corrected chi connectivity index (χ0v) is 27.0. The smallest absolute Gasteiger partial charge is 0.408 e. The molecule has 6 rings (SSSR count). The first-order chi connectivity index (χ1) is 22.4. The number of aromatic hydroxyl groups is 2. The first-order valence-corrected chi connectivity index (χ1v) is 16.3. The van der Waals surface area contributed by atoms with E-state index in [9.17, 15) is 24.6 Å². The molecule has 0 radical (unpaired) electrons. The van der Waals surface area contributed by atoms with Crippen LogP contribution in [-0.2, 0) is 25.6 Å². The highest BCUT2D eigenvalue weighted by Gasteiger charge is 2.57. The minimum atomic E-state index is -1.22. The molecule has 3 N–H and O–H groups in total. The van der Waals surface area contributed by atoms with Gasteiger partial charge in [-0.1, -0.05) is 72.8 Å². The number of esters is 1. The molecular formula is C35H36N4O7S. The molecule has 0 aliphatic carbocycles.